The lowest BCUT2D eigenvalue weighted by atomic mass is 9.95. The second-order valence-corrected chi connectivity index (χ2v) is 6.78. The maximum atomic E-state index is 12.5. The van der Waals surface area contributed by atoms with Gasteiger partial charge in [-0.25, -0.2) is 0 Å². The number of carbonyl (C=O) groups is 3. The molecule has 1 aromatic rings. The Morgan fingerprint density at radius 2 is 2.17 bits per heavy atom. The van der Waals surface area contributed by atoms with Gasteiger partial charge in [0.15, 0.2) is 5.84 Å². The first-order valence-electron chi connectivity index (χ1n) is 9.46. The molecule has 0 saturated carbocycles. The molecule has 3 N–H and O–H groups in total. The highest BCUT2D eigenvalue weighted by atomic mass is 16.5. The maximum absolute atomic E-state index is 12.5. The van der Waals surface area contributed by atoms with E-state index in [4.69, 9.17) is 9.84 Å². The number of nitrogens with zero attached hydrogens (tertiary/aromatic N) is 1. The van der Waals surface area contributed by atoms with Crippen molar-refractivity contribution in [1.29, 1.82) is 0 Å². The van der Waals surface area contributed by atoms with Crippen LogP contribution in [-0.2, 0) is 20.9 Å². The molecule has 2 unspecified atom stereocenters. The van der Waals surface area contributed by atoms with E-state index in [1.54, 1.807) is 24.3 Å². The number of benzene rings is 1. The lowest BCUT2D eigenvalue weighted by molar-refractivity contribution is -0.137. The molecular formula is C21H23N3O5. The van der Waals surface area contributed by atoms with Crippen LogP contribution < -0.4 is 15.4 Å². The van der Waals surface area contributed by atoms with Crippen molar-refractivity contribution in [2.45, 2.75) is 31.8 Å². The molecule has 8 heteroatoms. The first kappa shape index (κ1) is 20.3. The predicted molar refractivity (Wildman–Crippen MR) is 106 cm³/mol. The third-order valence-electron chi connectivity index (χ3n) is 4.57. The van der Waals surface area contributed by atoms with E-state index >= 15 is 0 Å². The van der Waals surface area contributed by atoms with Gasteiger partial charge < -0.3 is 20.5 Å². The molecule has 3 rings (SSSR count). The largest absolute Gasteiger partial charge is 0.494 e. The molecule has 0 fully saturated rings. The Morgan fingerprint density at radius 3 is 3.00 bits per heavy atom. The molecule has 2 amide bonds. The fraction of sp³-hybridized carbons (Fsp3) is 0.333. The predicted octanol–water partition coefficient (Wildman–Crippen LogP) is 1.58. The van der Waals surface area contributed by atoms with Gasteiger partial charge in [-0.2, -0.15) is 0 Å². The van der Waals surface area contributed by atoms with Gasteiger partial charge in [0, 0.05) is 13.0 Å². The van der Waals surface area contributed by atoms with Crippen LogP contribution in [0.2, 0.25) is 0 Å². The second kappa shape index (κ2) is 9.68. The van der Waals surface area contributed by atoms with Crippen LogP contribution in [0.1, 0.15) is 24.8 Å². The van der Waals surface area contributed by atoms with Gasteiger partial charge >= 0.3 is 5.97 Å². The summed E-state index contributed by atoms with van der Waals surface area (Å²) in [6.07, 6.45) is 8.49. The van der Waals surface area contributed by atoms with Gasteiger partial charge in [-0.15, -0.1) is 0 Å². The molecule has 8 nitrogen and oxygen atoms in total. The zero-order valence-electron chi connectivity index (χ0n) is 15.8. The second-order valence-electron chi connectivity index (χ2n) is 6.78. The van der Waals surface area contributed by atoms with E-state index in [1.807, 2.05) is 24.3 Å². The molecule has 29 heavy (non-hydrogen) atoms. The van der Waals surface area contributed by atoms with Crippen LogP contribution in [0.15, 0.2) is 53.6 Å². The van der Waals surface area contributed by atoms with E-state index in [2.05, 4.69) is 15.6 Å². The molecule has 0 spiro atoms. The number of amidine groups is 1. The molecule has 0 aromatic heterocycles. The summed E-state index contributed by atoms with van der Waals surface area (Å²) in [6.45, 7) is 0.546. The molecule has 152 valence electrons. The number of rotatable bonds is 8. The molecule has 0 saturated heterocycles. The number of carboxylic acid groups (broad SMARTS) is 1. The van der Waals surface area contributed by atoms with Gasteiger partial charge in [0.2, 0.25) is 5.91 Å². The highest BCUT2D eigenvalue weighted by molar-refractivity contribution is 6.41. The molecule has 1 aliphatic heterocycles. The van der Waals surface area contributed by atoms with Crippen molar-refractivity contribution in [2.24, 2.45) is 10.9 Å². The van der Waals surface area contributed by atoms with Crippen LogP contribution in [0.5, 0.6) is 5.75 Å². The highest BCUT2D eigenvalue weighted by Crippen LogP contribution is 2.21. The smallest absolute Gasteiger partial charge is 0.303 e. The number of hydrogen-bond donors (Lipinski definition) is 3. The van der Waals surface area contributed by atoms with Crippen molar-refractivity contribution < 1.29 is 24.2 Å². The van der Waals surface area contributed by atoms with Gasteiger partial charge in [-0.1, -0.05) is 36.4 Å². The van der Waals surface area contributed by atoms with Gasteiger partial charge in [-0.3, -0.25) is 19.4 Å². The minimum Gasteiger partial charge on any atom is -0.494 e. The van der Waals surface area contributed by atoms with Gasteiger partial charge in [0.05, 0.1) is 18.6 Å². The SMILES string of the molecule is O=C(O)CCCOc1cccc(CNC(=O)C2=NC3CC=CC=CC3C(=O)N2)c1. The third-order valence-corrected chi connectivity index (χ3v) is 4.57. The Hall–Kier alpha value is -3.42. The number of ether oxygens (including phenoxy) is 1. The molecule has 2 atom stereocenters. The van der Waals surface area contributed by atoms with E-state index in [0.29, 0.717) is 25.2 Å². The first-order valence-corrected chi connectivity index (χ1v) is 9.46. The average Bonchev–Trinajstić information content (AvgIpc) is 2.95. The standard InChI is InChI=1S/C21H23N3O5/c25-18(26)10-5-11-29-15-7-4-6-14(12-15)13-22-21(28)19-23-17-9-3-1-2-8-16(17)20(27)24-19/h1-4,6-8,12,16-17H,5,9-11,13H2,(H,22,28)(H,25,26)(H,23,24,27). The van der Waals surface area contributed by atoms with Crippen LogP contribution in [0.25, 0.3) is 0 Å². The van der Waals surface area contributed by atoms with E-state index < -0.39 is 11.9 Å². The maximum Gasteiger partial charge on any atom is 0.303 e. The van der Waals surface area contributed by atoms with Crippen LogP contribution in [0.3, 0.4) is 0 Å². The molecular weight excluding hydrogens is 374 g/mol. The molecule has 1 aliphatic carbocycles. The average molecular weight is 397 g/mol. The summed E-state index contributed by atoms with van der Waals surface area (Å²) in [5, 5.41) is 14.0. The number of allylic oxidation sites excluding steroid dienone is 2. The summed E-state index contributed by atoms with van der Waals surface area (Å²) >= 11 is 0. The number of fused-ring (bicyclic) bond motifs is 1. The summed E-state index contributed by atoms with van der Waals surface area (Å²) in [4.78, 5) is 39.7. The van der Waals surface area contributed by atoms with Crippen LogP contribution >= 0.6 is 0 Å². The van der Waals surface area contributed by atoms with Crippen molar-refractivity contribution in [3.8, 4) is 5.75 Å². The summed E-state index contributed by atoms with van der Waals surface area (Å²) in [5.41, 5.74) is 0.815. The van der Waals surface area contributed by atoms with Gasteiger partial charge in [-0.05, 0) is 30.5 Å². The van der Waals surface area contributed by atoms with E-state index in [0.717, 1.165) is 5.56 Å². The van der Waals surface area contributed by atoms with Crippen molar-refractivity contribution in [3.63, 3.8) is 0 Å². The Balaban J connectivity index is 1.54. The van der Waals surface area contributed by atoms with Crippen molar-refractivity contribution in [1.82, 2.24) is 10.6 Å². The topological polar surface area (TPSA) is 117 Å². The number of aliphatic imine (C=N–C) groups is 1. The summed E-state index contributed by atoms with van der Waals surface area (Å²) < 4.78 is 5.54. The Labute approximate surface area is 168 Å². The van der Waals surface area contributed by atoms with Crippen molar-refractivity contribution in [2.75, 3.05) is 6.61 Å². The number of aliphatic carboxylic acids is 1. The summed E-state index contributed by atoms with van der Waals surface area (Å²) in [5.74, 6) is -1.26. The van der Waals surface area contributed by atoms with Crippen LogP contribution in [0.4, 0.5) is 0 Å². The third kappa shape index (κ3) is 5.78. The van der Waals surface area contributed by atoms with E-state index in [1.165, 1.54) is 0 Å². The van der Waals surface area contributed by atoms with Crippen LogP contribution in [0, 0.1) is 5.92 Å². The molecule has 0 bridgehead atoms. The zero-order chi connectivity index (χ0) is 20.6. The Kier molecular flexibility index (Phi) is 6.78. The fourth-order valence-electron chi connectivity index (χ4n) is 3.09. The lowest BCUT2D eigenvalue weighted by Crippen LogP contribution is -2.50. The molecule has 1 aromatic carbocycles. The number of carboxylic acids is 1. The van der Waals surface area contributed by atoms with Crippen molar-refractivity contribution >= 4 is 23.6 Å². The summed E-state index contributed by atoms with van der Waals surface area (Å²) in [6, 6.07) is 6.90. The van der Waals surface area contributed by atoms with Gasteiger partial charge in [0.1, 0.15) is 5.75 Å². The monoisotopic (exact) mass is 397 g/mol. The minimum atomic E-state index is -0.856. The van der Waals surface area contributed by atoms with E-state index in [9.17, 15) is 14.4 Å². The number of amides is 2. The molecule has 2 aliphatic rings. The number of nitrogens with one attached hydrogen (secondary N) is 2. The van der Waals surface area contributed by atoms with Crippen LogP contribution in [-0.4, -0.2) is 41.4 Å². The zero-order valence-corrected chi connectivity index (χ0v) is 15.8. The minimum absolute atomic E-state index is 0.0287. The number of carbonyl (C=O) groups excluding carboxylic acids is 2. The molecule has 0 radical (unpaired) electrons. The molecule has 1 heterocycles. The van der Waals surface area contributed by atoms with Crippen molar-refractivity contribution in [3.05, 3.63) is 54.1 Å². The quantitative estimate of drug-likeness (QED) is 0.576. The Morgan fingerprint density at radius 1 is 1.31 bits per heavy atom. The fourth-order valence-corrected chi connectivity index (χ4v) is 3.09. The Bertz CT molecular complexity index is 875. The highest BCUT2D eigenvalue weighted by Gasteiger charge is 2.33. The first-order chi connectivity index (χ1) is 14.0. The lowest BCUT2D eigenvalue weighted by Gasteiger charge is -2.25. The van der Waals surface area contributed by atoms with E-state index in [-0.39, 0.29) is 36.7 Å². The normalized spacial score (nSPS) is 20.1. The summed E-state index contributed by atoms with van der Waals surface area (Å²) in [7, 11) is 0. The number of hydrogen-bond acceptors (Lipinski definition) is 5. The van der Waals surface area contributed by atoms with Gasteiger partial charge in [0.25, 0.3) is 5.91 Å².